The molecular weight excluding hydrogens is 272 g/mol. The van der Waals surface area contributed by atoms with Gasteiger partial charge in [-0.15, -0.1) is 0 Å². The number of rotatable bonds is 5. The van der Waals surface area contributed by atoms with Crippen LogP contribution in [-0.4, -0.2) is 17.4 Å². The van der Waals surface area contributed by atoms with Crippen molar-refractivity contribution in [3.63, 3.8) is 0 Å². The highest BCUT2D eigenvalue weighted by Crippen LogP contribution is 2.27. The van der Waals surface area contributed by atoms with Crippen LogP contribution in [0.15, 0.2) is 48.5 Å². The van der Waals surface area contributed by atoms with Gasteiger partial charge in [0.15, 0.2) is 12.4 Å². The van der Waals surface area contributed by atoms with Crippen molar-refractivity contribution in [2.45, 2.75) is 6.92 Å². The summed E-state index contributed by atoms with van der Waals surface area (Å²) in [7, 11) is 0. The average Bonchev–Trinajstić information content (AvgIpc) is 2.47. The van der Waals surface area contributed by atoms with Gasteiger partial charge in [-0.25, -0.2) is 0 Å². The summed E-state index contributed by atoms with van der Waals surface area (Å²) in [4.78, 5) is 22.1. The molecule has 0 saturated carbocycles. The molecule has 0 aliphatic heterocycles. The van der Waals surface area contributed by atoms with E-state index in [1.807, 2.05) is 6.07 Å². The van der Waals surface area contributed by atoms with Gasteiger partial charge < -0.3 is 10.1 Å². The molecule has 0 aliphatic rings. The van der Waals surface area contributed by atoms with Gasteiger partial charge in [0.1, 0.15) is 0 Å². The van der Waals surface area contributed by atoms with Gasteiger partial charge in [0.05, 0.1) is 4.92 Å². The first-order valence-corrected chi connectivity index (χ1v) is 6.29. The van der Waals surface area contributed by atoms with Crippen molar-refractivity contribution in [3.8, 4) is 5.75 Å². The quantitative estimate of drug-likeness (QED) is 0.676. The summed E-state index contributed by atoms with van der Waals surface area (Å²) in [5.74, 6) is -0.301. The number of hydrogen-bond acceptors (Lipinski definition) is 4. The third-order valence-electron chi connectivity index (χ3n) is 2.73. The van der Waals surface area contributed by atoms with Crippen molar-refractivity contribution in [3.05, 3.63) is 64.2 Å². The maximum absolute atomic E-state index is 11.7. The van der Waals surface area contributed by atoms with Crippen LogP contribution < -0.4 is 10.1 Å². The number of para-hydroxylation sites is 1. The molecular formula is C15H14N2O4. The molecule has 0 saturated heterocycles. The molecule has 1 amide bonds. The summed E-state index contributed by atoms with van der Waals surface area (Å²) in [6.07, 6.45) is 0. The second-order valence-corrected chi connectivity index (χ2v) is 4.43. The highest BCUT2D eigenvalue weighted by molar-refractivity contribution is 5.91. The van der Waals surface area contributed by atoms with E-state index in [1.54, 1.807) is 37.3 Å². The van der Waals surface area contributed by atoms with Gasteiger partial charge in [-0.05, 0) is 30.7 Å². The zero-order valence-corrected chi connectivity index (χ0v) is 11.4. The number of nitrogens with zero attached hydrogens (tertiary/aromatic N) is 1. The second-order valence-electron chi connectivity index (χ2n) is 4.43. The van der Waals surface area contributed by atoms with Crippen LogP contribution in [0.1, 0.15) is 5.56 Å². The predicted octanol–water partition coefficient (Wildman–Crippen LogP) is 2.92. The predicted molar refractivity (Wildman–Crippen MR) is 78.4 cm³/mol. The van der Waals surface area contributed by atoms with Gasteiger partial charge in [0.25, 0.3) is 5.91 Å². The summed E-state index contributed by atoms with van der Waals surface area (Å²) in [5, 5.41) is 13.6. The topological polar surface area (TPSA) is 81.5 Å². The number of carbonyl (C=O) groups excluding carboxylic acids is 1. The summed E-state index contributed by atoms with van der Waals surface area (Å²) in [6.45, 7) is 1.46. The lowest BCUT2D eigenvalue weighted by Crippen LogP contribution is -2.20. The summed E-state index contributed by atoms with van der Waals surface area (Å²) < 4.78 is 5.23. The number of ether oxygens (including phenoxy) is 1. The van der Waals surface area contributed by atoms with Crippen molar-refractivity contribution in [2.75, 3.05) is 11.9 Å². The third-order valence-corrected chi connectivity index (χ3v) is 2.73. The molecule has 6 nitrogen and oxygen atoms in total. The molecule has 1 N–H and O–H groups in total. The lowest BCUT2D eigenvalue weighted by atomic mass is 10.2. The number of amides is 1. The summed E-state index contributed by atoms with van der Waals surface area (Å²) in [5.41, 5.74) is 1.25. The van der Waals surface area contributed by atoms with Crippen LogP contribution in [-0.2, 0) is 4.79 Å². The number of nitro groups is 1. The van der Waals surface area contributed by atoms with Crippen LogP contribution in [0.25, 0.3) is 0 Å². The number of nitrogens with one attached hydrogen (secondary N) is 1. The Kier molecular flexibility index (Phi) is 4.50. The second kappa shape index (κ2) is 6.51. The van der Waals surface area contributed by atoms with Crippen LogP contribution in [0.4, 0.5) is 11.4 Å². The smallest absolute Gasteiger partial charge is 0.311 e. The van der Waals surface area contributed by atoms with Gasteiger partial charge in [-0.3, -0.25) is 14.9 Å². The van der Waals surface area contributed by atoms with Gasteiger partial charge >= 0.3 is 5.69 Å². The molecule has 0 atom stereocenters. The Morgan fingerprint density at radius 2 is 1.95 bits per heavy atom. The van der Waals surface area contributed by atoms with Gasteiger partial charge in [-0.2, -0.15) is 0 Å². The molecule has 0 radical (unpaired) electrons. The van der Waals surface area contributed by atoms with Crippen molar-refractivity contribution in [1.82, 2.24) is 0 Å². The molecule has 2 aromatic carbocycles. The van der Waals surface area contributed by atoms with Crippen molar-refractivity contribution in [1.29, 1.82) is 0 Å². The monoisotopic (exact) mass is 286 g/mol. The summed E-state index contributed by atoms with van der Waals surface area (Å²) >= 11 is 0. The van der Waals surface area contributed by atoms with Gasteiger partial charge in [-0.1, -0.05) is 24.3 Å². The van der Waals surface area contributed by atoms with Gasteiger partial charge in [0.2, 0.25) is 0 Å². The minimum atomic E-state index is -0.530. The zero-order valence-electron chi connectivity index (χ0n) is 11.4. The molecule has 2 aromatic rings. The standard InChI is InChI=1S/C15H14N2O4/c1-11-7-8-14(13(9-11)17(19)20)21-10-15(18)16-12-5-3-2-4-6-12/h2-9H,10H2,1H3,(H,16,18). The van der Waals surface area contributed by atoms with Crippen molar-refractivity contribution >= 4 is 17.3 Å². The highest BCUT2D eigenvalue weighted by atomic mass is 16.6. The van der Waals surface area contributed by atoms with Crippen LogP contribution in [0.2, 0.25) is 0 Å². The Morgan fingerprint density at radius 1 is 1.24 bits per heavy atom. The van der Waals surface area contributed by atoms with E-state index in [0.29, 0.717) is 5.69 Å². The number of anilines is 1. The van der Waals surface area contributed by atoms with E-state index in [1.165, 1.54) is 12.1 Å². The Bertz CT molecular complexity index is 656. The number of aryl methyl sites for hydroxylation is 1. The Morgan fingerprint density at radius 3 is 2.62 bits per heavy atom. The van der Waals surface area contributed by atoms with Crippen LogP contribution in [0.5, 0.6) is 5.75 Å². The first kappa shape index (κ1) is 14.5. The average molecular weight is 286 g/mol. The Hall–Kier alpha value is -2.89. The lowest BCUT2D eigenvalue weighted by molar-refractivity contribution is -0.385. The first-order valence-electron chi connectivity index (χ1n) is 6.29. The highest BCUT2D eigenvalue weighted by Gasteiger charge is 2.16. The van der Waals surface area contributed by atoms with E-state index in [0.717, 1.165) is 5.56 Å². The first-order chi connectivity index (χ1) is 10.1. The molecule has 2 rings (SSSR count). The van der Waals surface area contributed by atoms with E-state index in [4.69, 9.17) is 4.74 Å². The van der Waals surface area contributed by atoms with Crippen LogP contribution in [0.3, 0.4) is 0 Å². The fourth-order valence-corrected chi connectivity index (χ4v) is 1.75. The molecule has 0 heterocycles. The van der Waals surface area contributed by atoms with Gasteiger partial charge in [0, 0.05) is 11.8 Å². The van der Waals surface area contributed by atoms with Crippen molar-refractivity contribution < 1.29 is 14.5 Å². The number of carbonyl (C=O) groups is 1. The van der Waals surface area contributed by atoms with E-state index in [2.05, 4.69) is 5.32 Å². The largest absolute Gasteiger partial charge is 0.477 e. The molecule has 0 aromatic heterocycles. The molecule has 0 spiro atoms. The molecule has 108 valence electrons. The van der Waals surface area contributed by atoms with E-state index in [-0.39, 0.29) is 24.0 Å². The minimum Gasteiger partial charge on any atom is -0.477 e. The Balaban J connectivity index is 2.00. The summed E-state index contributed by atoms with van der Waals surface area (Å²) in [6, 6.07) is 13.5. The minimum absolute atomic E-state index is 0.0776. The fraction of sp³-hybridized carbons (Fsp3) is 0.133. The molecule has 0 fully saturated rings. The normalized spacial score (nSPS) is 9.95. The van der Waals surface area contributed by atoms with Crippen LogP contribution >= 0.6 is 0 Å². The van der Waals surface area contributed by atoms with Crippen molar-refractivity contribution in [2.24, 2.45) is 0 Å². The lowest BCUT2D eigenvalue weighted by Gasteiger charge is -2.08. The SMILES string of the molecule is Cc1ccc(OCC(=O)Nc2ccccc2)c([N+](=O)[O-])c1. The van der Waals surface area contributed by atoms with E-state index < -0.39 is 4.92 Å². The van der Waals surface area contributed by atoms with Crippen LogP contribution in [0, 0.1) is 17.0 Å². The maximum Gasteiger partial charge on any atom is 0.311 e. The maximum atomic E-state index is 11.7. The van der Waals surface area contributed by atoms with E-state index in [9.17, 15) is 14.9 Å². The Labute approximate surface area is 121 Å². The fourth-order valence-electron chi connectivity index (χ4n) is 1.75. The molecule has 6 heteroatoms. The number of benzene rings is 2. The molecule has 21 heavy (non-hydrogen) atoms. The van der Waals surface area contributed by atoms with E-state index >= 15 is 0 Å². The molecule has 0 aliphatic carbocycles. The molecule has 0 bridgehead atoms. The zero-order chi connectivity index (χ0) is 15.2. The number of hydrogen-bond donors (Lipinski definition) is 1. The number of nitro benzene ring substituents is 1. The third kappa shape index (κ3) is 4.04. The molecule has 0 unspecified atom stereocenters.